The normalized spacial score (nSPS) is 13.4. The Labute approximate surface area is 123 Å². The van der Waals surface area contributed by atoms with E-state index in [1.54, 1.807) is 5.73 Å². The largest absolute Gasteiger partial charge is 0.468 e. The monoisotopic (exact) mass is 306 g/mol. The number of amides is 2. The lowest BCUT2D eigenvalue weighted by molar-refractivity contribution is -0.137. The van der Waals surface area contributed by atoms with Crippen LogP contribution in [0.3, 0.4) is 0 Å². The highest BCUT2D eigenvalue weighted by Gasteiger charge is 2.21. The zero-order valence-corrected chi connectivity index (χ0v) is 12.0. The number of carbonyl (C=O) groups excluding carboxylic acids is 3. The van der Waals surface area contributed by atoms with Crippen molar-refractivity contribution in [2.75, 3.05) is 25.2 Å². The van der Waals surface area contributed by atoms with E-state index in [0.29, 0.717) is 0 Å². The molecule has 2 amide bonds. The highest BCUT2D eigenvalue weighted by Crippen LogP contribution is 2.02. The molecular formula is C11H20N4O4S. The van der Waals surface area contributed by atoms with Crippen LogP contribution in [0.1, 0.15) is 0 Å². The molecule has 9 heteroatoms. The summed E-state index contributed by atoms with van der Waals surface area (Å²) in [5.41, 5.74) is 7.36. The van der Waals surface area contributed by atoms with Crippen LogP contribution in [-0.4, -0.2) is 55.0 Å². The standard InChI is InChI=1S/C11H20N4O4S/c1-3-14-4-8(10(13)17)15-11(18)7(12)5-20-6-9(16)19-2/h3,7-8,14H,1,4-6,12H2,2H3,(H2,13,17)(H,15,18)/t7-,8-/m0/s1/i/hT. The van der Waals surface area contributed by atoms with Crippen LogP contribution in [0.4, 0.5) is 0 Å². The maximum Gasteiger partial charge on any atom is 0.315 e. The zero-order chi connectivity index (χ0) is 16.3. The van der Waals surface area contributed by atoms with Crippen molar-refractivity contribution in [1.29, 1.82) is 0 Å². The lowest BCUT2D eigenvalue weighted by Gasteiger charge is -2.18. The van der Waals surface area contributed by atoms with Gasteiger partial charge in [-0.3, -0.25) is 14.4 Å². The van der Waals surface area contributed by atoms with Crippen LogP contribution in [0, 0.1) is 0 Å². The third-order valence-electron chi connectivity index (χ3n) is 2.18. The van der Waals surface area contributed by atoms with E-state index >= 15 is 0 Å². The van der Waals surface area contributed by atoms with Crippen LogP contribution >= 0.6 is 11.8 Å². The van der Waals surface area contributed by atoms with Crippen molar-refractivity contribution < 1.29 is 20.5 Å². The van der Waals surface area contributed by atoms with Crippen LogP contribution in [0.2, 0.25) is 1.41 Å². The minimum atomic E-state index is -0.940. The third kappa shape index (κ3) is 7.64. The molecule has 20 heavy (non-hydrogen) atoms. The number of rotatable bonds is 10. The maximum absolute atomic E-state index is 11.8. The molecule has 0 bridgehead atoms. The second kappa shape index (κ2) is 10.1. The first-order chi connectivity index (χ1) is 9.96. The molecule has 0 aromatic carbocycles. The Morgan fingerprint density at radius 1 is 1.55 bits per heavy atom. The van der Waals surface area contributed by atoms with Crippen LogP contribution < -0.4 is 22.1 Å². The summed E-state index contributed by atoms with van der Waals surface area (Å²) in [5.74, 6) is -1.34. The molecule has 0 saturated carbocycles. The van der Waals surface area contributed by atoms with E-state index in [0.717, 1.165) is 11.8 Å². The molecule has 0 radical (unpaired) electrons. The fourth-order valence-corrected chi connectivity index (χ4v) is 1.90. The molecule has 0 heterocycles. The Morgan fingerprint density at radius 2 is 2.25 bits per heavy atom. The Kier molecular flexibility index (Phi) is 8.24. The summed E-state index contributed by atoms with van der Waals surface area (Å²) >= 11 is 1.15. The summed E-state index contributed by atoms with van der Waals surface area (Å²) in [4.78, 5) is 34.2. The molecular weight excluding hydrogens is 284 g/mol. The number of primary amides is 1. The fraction of sp³-hybridized carbons (Fsp3) is 0.545. The second-order valence-electron chi connectivity index (χ2n) is 3.74. The summed E-state index contributed by atoms with van der Waals surface area (Å²) in [6, 6.07) is -1.82. The number of ether oxygens (including phenoxy) is 1. The van der Waals surface area contributed by atoms with Gasteiger partial charge in [0.25, 0.3) is 0 Å². The van der Waals surface area contributed by atoms with Gasteiger partial charge in [0, 0.05) is 12.3 Å². The number of nitrogens with two attached hydrogens (primary N) is 2. The molecule has 2 atom stereocenters. The Balaban J connectivity index is 4.29. The van der Waals surface area contributed by atoms with Crippen LogP contribution in [-0.2, 0) is 19.1 Å². The number of esters is 1. The van der Waals surface area contributed by atoms with Gasteiger partial charge in [-0.2, -0.15) is 0 Å². The van der Waals surface area contributed by atoms with Gasteiger partial charge >= 0.3 is 5.97 Å². The lowest BCUT2D eigenvalue weighted by atomic mass is 10.2. The molecule has 6 N–H and O–H groups in total. The van der Waals surface area contributed by atoms with E-state index in [4.69, 9.17) is 7.15 Å². The molecule has 8 nitrogen and oxygen atoms in total. The molecule has 0 aliphatic rings. The number of carbonyl (C=O) groups is 3. The Bertz CT molecular complexity index is 383. The molecule has 0 aromatic rings. The van der Waals surface area contributed by atoms with E-state index in [2.05, 4.69) is 21.9 Å². The molecule has 0 aromatic heterocycles. The lowest BCUT2D eigenvalue weighted by Crippen LogP contribution is -2.54. The zero-order valence-electron chi connectivity index (χ0n) is 12.2. The predicted octanol–water partition coefficient (Wildman–Crippen LogP) is -2.08. The first-order valence-corrected chi connectivity index (χ1v) is 6.88. The van der Waals surface area contributed by atoms with Gasteiger partial charge in [0.2, 0.25) is 11.8 Å². The summed E-state index contributed by atoms with van der Waals surface area (Å²) in [7, 11) is 1.27. The van der Waals surface area contributed by atoms with Crippen LogP contribution in [0.5, 0.6) is 0 Å². The minimum absolute atomic E-state index is 0.0853. The van der Waals surface area contributed by atoms with Crippen LogP contribution in [0.15, 0.2) is 12.8 Å². The van der Waals surface area contributed by atoms with Gasteiger partial charge in [0.15, 0.2) is 1.41 Å². The fourth-order valence-electron chi connectivity index (χ4n) is 1.09. The van der Waals surface area contributed by atoms with E-state index in [9.17, 15) is 14.4 Å². The van der Waals surface area contributed by atoms with Gasteiger partial charge < -0.3 is 26.8 Å². The van der Waals surface area contributed by atoms with E-state index in [-0.39, 0.29) is 18.1 Å². The maximum atomic E-state index is 11.8. The number of hydrogen-bond donors (Lipinski definition) is 4. The topological polar surface area (TPSA) is 137 Å². The summed E-state index contributed by atoms with van der Waals surface area (Å²) < 4.78 is 11.3. The molecule has 0 aliphatic heterocycles. The molecule has 0 aliphatic carbocycles. The molecule has 0 spiro atoms. The van der Waals surface area contributed by atoms with Gasteiger partial charge in [0.05, 0.1) is 18.9 Å². The highest BCUT2D eigenvalue weighted by atomic mass is 32.2. The molecule has 0 unspecified atom stereocenters. The summed E-state index contributed by atoms with van der Waals surface area (Å²) in [5, 5.41) is 5.09. The second-order valence-corrected chi connectivity index (χ2v) is 4.77. The van der Waals surface area contributed by atoms with Gasteiger partial charge in [-0.05, 0) is 6.20 Å². The number of methoxy groups -OCH3 is 1. The summed E-state index contributed by atoms with van der Waals surface area (Å²) in [6.07, 6.45) is 1.36. The molecule has 0 fully saturated rings. The molecule has 0 saturated heterocycles. The summed E-state index contributed by atoms with van der Waals surface area (Å²) in [6.45, 7) is 3.51. The minimum Gasteiger partial charge on any atom is -0.468 e. The van der Waals surface area contributed by atoms with Crippen molar-refractivity contribution in [3.8, 4) is 0 Å². The number of nitrogens with one attached hydrogen (secondary N) is 2. The van der Waals surface area contributed by atoms with Crippen molar-refractivity contribution in [1.82, 2.24) is 10.6 Å². The number of thioether (sulfide) groups is 1. The number of hydrogen-bond acceptors (Lipinski definition) is 7. The van der Waals surface area contributed by atoms with E-state index < -0.39 is 29.9 Å². The SMILES string of the molecule is [3H]NC(=O)[C@H](CNC=C)NC(=O)[C@@H](N)CSCC(=O)OC. The van der Waals surface area contributed by atoms with Gasteiger partial charge in [0.1, 0.15) is 6.04 Å². The van der Waals surface area contributed by atoms with Gasteiger partial charge in [-0.25, -0.2) is 0 Å². The highest BCUT2D eigenvalue weighted by molar-refractivity contribution is 8.00. The van der Waals surface area contributed by atoms with Crippen molar-refractivity contribution in [2.45, 2.75) is 12.1 Å². The first kappa shape index (κ1) is 16.3. The Hall–Kier alpha value is -1.74. The quantitative estimate of drug-likeness (QED) is 0.340. The van der Waals surface area contributed by atoms with Crippen LogP contribution in [0.25, 0.3) is 0 Å². The average molecular weight is 306 g/mol. The molecule has 0 rings (SSSR count). The predicted molar refractivity (Wildman–Crippen MR) is 76.6 cm³/mol. The molecule has 114 valence electrons. The van der Waals surface area contributed by atoms with Gasteiger partial charge in [-0.1, -0.05) is 6.58 Å². The smallest absolute Gasteiger partial charge is 0.315 e. The average Bonchev–Trinajstić information content (AvgIpc) is 2.49. The van der Waals surface area contributed by atoms with Crippen molar-refractivity contribution in [3.63, 3.8) is 0 Å². The van der Waals surface area contributed by atoms with Gasteiger partial charge in [-0.15, -0.1) is 11.8 Å². The van der Waals surface area contributed by atoms with E-state index in [1.807, 2.05) is 0 Å². The first-order valence-electron chi connectivity index (χ1n) is 6.22. The van der Waals surface area contributed by atoms with Crippen molar-refractivity contribution >= 4 is 29.5 Å². The Morgan fingerprint density at radius 3 is 2.80 bits per heavy atom. The third-order valence-corrected chi connectivity index (χ3v) is 3.22. The van der Waals surface area contributed by atoms with Crippen molar-refractivity contribution in [2.24, 2.45) is 11.5 Å². The van der Waals surface area contributed by atoms with E-state index in [1.165, 1.54) is 13.3 Å². The van der Waals surface area contributed by atoms with Crippen molar-refractivity contribution in [3.05, 3.63) is 12.8 Å².